The van der Waals surface area contributed by atoms with Crippen molar-refractivity contribution in [2.24, 2.45) is 0 Å². The van der Waals surface area contributed by atoms with E-state index in [0.29, 0.717) is 0 Å². The van der Waals surface area contributed by atoms with Crippen LogP contribution < -0.4 is 21.7 Å². The van der Waals surface area contributed by atoms with Gasteiger partial charge in [-0.2, -0.15) is 4.57 Å². The highest BCUT2D eigenvalue weighted by Crippen LogP contribution is 2.24. The molecule has 1 aromatic heterocycles. The Bertz CT molecular complexity index is 956. The Labute approximate surface area is 153 Å². The number of rotatable bonds is 5. The molecule has 2 aromatic carbocycles. The largest absolute Gasteiger partial charge is 1.00 e. The number of non-ortho nitro benzene ring substituents is 1. The van der Waals surface area contributed by atoms with E-state index in [-0.39, 0.29) is 29.5 Å². The van der Waals surface area contributed by atoms with Gasteiger partial charge in [0, 0.05) is 6.07 Å². The molecule has 1 heterocycles. The molecule has 0 unspecified atom stereocenters. The fourth-order valence-electron chi connectivity index (χ4n) is 2.39. The van der Waals surface area contributed by atoms with Crippen molar-refractivity contribution in [3.05, 3.63) is 81.4 Å². The van der Waals surface area contributed by atoms with E-state index in [0.717, 1.165) is 17.5 Å². The lowest BCUT2D eigenvalue weighted by atomic mass is 10.2. The molecule has 0 saturated heterocycles. The van der Waals surface area contributed by atoms with E-state index in [1.165, 1.54) is 16.7 Å². The minimum Gasteiger partial charge on any atom is -1.00 e. The first-order valence-corrected chi connectivity index (χ1v) is 7.16. The van der Waals surface area contributed by atoms with E-state index in [9.17, 15) is 20.2 Å². The Morgan fingerprint density at radius 2 is 1.73 bits per heavy atom. The molecule has 10 heteroatoms. The van der Waals surface area contributed by atoms with Crippen molar-refractivity contribution in [1.29, 1.82) is 0 Å². The van der Waals surface area contributed by atoms with Crippen LogP contribution in [0.5, 0.6) is 5.75 Å². The number of imidazole rings is 1. The van der Waals surface area contributed by atoms with Crippen LogP contribution >= 0.6 is 0 Å². The van der Waals surface area contributed by atoms with Crippen LogP contribution in [0, 0.1) is 20.2 Å². The zero-order valence-corrected chi connectivity index (χ0v) is 14.2. The Hall–Kier alpha value is -3.46. The standard InChI is InChI=1S/C16H13N4O5.ClH/c1-25-14-5-2-12(3-6-14)17-8-9-18(11-17)15-7-4-13(19(21)22)10-16(15)20(23)24;/h2-11H,1H3;1H/q+1;/p-1. The summed E-state index contributed by atoms with van der Waals surface area (Å²) in [6, 6.07) is 10.8. The molecule has 0 aliphatic heterocycles. The van der Waals surface area contributed by atoms with E-state index in [2.05, 4.69) is 0 Å². The predicted octanol–water partition coefficient (Wildman–Crippen LogP) is -0.417. The number of hydrogen-bond acceptors (Lipinski definition) is 5. The van der Waals surface area contributed by atoms with Crippen LogP contribution in [0.25, 0.3) is 11.4 Å². The molecule has 3 rings (SSSR count). The lowest BCUT2D eigenvalue weighted by Gasteiger charge is -2.00. The first-order valence-electron chi connectivity index (χ1n) is 7.16. The summed E-state index contributed by atoms with van der Waals surface area (Å²) in [5.41, 5.74) is 0.407. The summed E-state index contributed by atoms with van der Waals surface area (Å²) in [5, 5.41) is 22.1. The predicted molar refractivity (Wildman–Crippen MR) is 87.2 cm³/mol. The minimum atomic E-state index is -0.663. The van der Waals surface area contributed by atoms with Gasteiger partial charge in [-0.25, -0.2) is 4.57 Å². The van der Waals surface area contributed by atoms with Gasteiger partial charge in [0.1, 0.15) is 23.8 Å². The van der Waals surface area contributed by atoms with Crippen LogP contribution in [0.4, 0.5) is 11.4 Å². The molecule has 3 aromatic rings. The van der Waals surface area contributed by atoms with Crippen molar-refractivity contribution in [3.8, 4) is 17.1 Å². The number of nitrogens with zero attached hydrogens (tertiary/aromatic N) is 4. The zero-order chi connectivity index (χ0) is 18.0. The number of aromatic nitrogens is 2. The highest BCUT2D eigenvalue weighted by Gasteiger charge is 2.24. The number of nitro groups is 2. The third-order valence-electron chi connectivity index (χ3n) is 3.65. The molecule has 0 N–H and O–H groups in total. The molecule has 0 bridgehead atoms. The first-order chi connectivity index (χ1) is 12.0. The molecular weight excluding hydrogens is 364 g/mol. The van der Waals surface area contributed by atoms with Crippen LogP contribution in [-0.4, -0.2) is 21.5 Å². The van der Waals surface area contributed by atoms with Crippen molar-refractivity contribution in [3.63, 3.8) is 0 Å². The monoisotopic (exact) mass is 376 g/mol. The lowest BCUT2D eigenvalue weighted by molar-refractivity contribution is -0.600. The molecule has 0 radical (unpaired) electrons. The summed E-state index contributed by atoms with van der Waals surface area (Å²) in [7, 11) is 1.58. The summed E-state index contributed by atoms with van der Waals surface area (Å²) >= 11 is 0. The molecule has 9 nitrogen and oxygen atoms in total. The molecule has 0 aliphatic carbocycles. The maximum atomic E-state index is 11.3. The van der Waals surface area contributed by atoms with Crippen LogP contribution in [0.15, 0.2) is 61.2 Å². The summed E-state index contributed by atoms with van der Waals surface area (Å²) < 4.78 is 8.41. The molecule has 0 amide bonds. The molecule has 0 fully saturated rings. The summed E-state index contributed by atoms with van der Waals surface area (Å²) in [6.07, 6.45) is 5.02. The third-order valence-corrected chi connectivity index (χ3v) is 3.65. The SMILES string of the molecule is COc1ccc(-n2cc[n+](-c3ccc([N+](=O)[O-])cc3[N+](=O)[O-])c2)cc1.[Cl-]. The van der Waals surface area contributed by atoms with E-state index in [4.69, 9.17) is 4.74 Å². The van der Waals surface area contributed by atoms with Gasteiger partial charge in [-0.05, 0) is 30.3 Å². The number of hydrogen-bond donors (Lipinski definition) is 0. The van der Waals surface area contributed by atoms with Crippen molar-refractivity contribution >= 4 is 11.4 Å². The van der Waals surface area contributed by atoms with Crippen LogP contribution in [0.1, 0.15) is 0 Å². The fourth-order valence-corrected chi connectivity index (χ4v) is 2.39. The van der Waals surface area contributed by atoms with Crippen LogP contribution in [0.2, 0.25) is 0 Å². The van der Waals surface area contributed by atoms with E-state index in [1.54, 1.807) is 42.5 Å². The second-order valence-corrected chi connectivity index (χ2v) is 5.11. The molecule has 0 atom stereocenters. The molecule has 0 saturated carbocycles. The highest BCUT2D eigenvalue weighted by molar-refractivity contribution is 5.53. The van der Waals surface area contributed by atoms with Crippen molar-refractivity contribution in [2.45, 2.75) is 0 Å². The van der Waals surface area contributed by atoms with Gasteiger partial charge in [-0.15, -0.1) is 0 Å². The Balaban J connectivity index is 0.00000243. The van der Waals surface area contributed by atoms with Crippen LogP contribution in [0.3, 0.4) is 0 Å². The number of halogens is 1. The molecule has 134 valence electrons. The smallest absolute Gasteiger partial charge is 0.322 e. The average Bonchev–Trinajstić information content (AvgIpc) is 3.11. The minimum absolute atomic E-state index is 0. The van der Waals surface area contributed by atoms with E-state index < -0.39 is 9.85 Å². The van der Waals surface area contributed by atoms with Crippen molar-refractivity contribution in [1.82, 2.24) is 4.57 Å². The fraction of sp³-hybridized carbons (Fsp3) is 0.0625. The maximum absolute atomic E-state index is 11.3. The molecule has 0 spiro atoms. The number of methoxy groups -OCH3 is 1. The lowest BCUT2D eigenvalue weighted by Crippen LogP contribution is -3.00. The van der Waals surface area contributed by atoms with Gasteiger partial charge in [0.05, 0.1) is 23.0 Å². The number of benzene rings is 2. The summed E-state index contributed by atoms with van der Waals surface area (Å²) in [5.74, 6) is 0.717. The van der Waals surface area contributed by atoms with Gasteiger partial charge in [-0.3, -0.25) is 20.2 Å². The number of ether oxygens (including phenoxy) is 1. The Morgan fingerprint density at radius 1 is 1.04 bits per heavy atom. The summed E-state index contributed by atoms with van der Waals surface area (Å²) in [4.78, 5) is 20.8. The van der Waals surface area contributed by atoms with Gasteiger partial charge in [0.2, 0.25) is 5.69 Å². The van der Waals surface area contributed by atoms with E-state index >= 15 is 0 Å². The Morgan fingerprint density at radius 3 is 2.31 bits per heavy atom. The van der Waals surface area contributed by atoms with E-state index in [1.807, 2.05) is 12.1 Å². The normalized spacial score (nSPS) is 10.0. The number of nitro benzene ring substituents is 2. The zero-order valence-electron chi connectivity index (χ0n) is 13.5. The average molecular weight is 377 g/mol. The summed E-state index contributed by atoms with van der Waals surface area (Å²) in [6.45, 7) is 0. The van der Waals surface area contributed by atoms with Gasteiger partial charge in [0.25, 0.3) is 12.0 Å². The molecular formula is C16H13ClN4O5. The van der Waals surface area contributed by atoms with Crippen molar-refractivity contribution in [2.75, 3.05) is 7.11 Å². The second-order valence-electron chi connectivity index (χ2n) is 5.11. The third kappa shape index (κ3) is 3.62. The van der Waals surface area contributed by atoms with Gasteiger partial charge in [-0.1, -0.05) is 0 Å². The highest BCUT2D eigenvalue weighted by atomic mass is 35.5. The second kappa shape index (κ2) is 7.62. The quantitative estimate of drug-likeness (QED) is 0.342. The first kappa shape index (κ1) is 18.9. The maximum Gasteiger partial charge on any atom is 0.322 e. The van der Waals surface area contributed by atoms with Gasteiger partial charge >= 0.3 is 5.69 Å². The Kier molecular flexibility index (Phi) is 5.53. The van der Waals surface area contributed by atoms with Crippen LogP contribution in [-0.2, 0) is 0 Å². The van der Waals surface area contributed by atoms with Gasteiger partial charge < -0.3 is 17.1 Å². The molecule has 0 aliphatic rings. The van der Waals surface area contributed by atoms with Crippen molar-refractivity contribution < 1.29 is 31.6 Å². The molecule has 26 heavy (non-hydrogen) atoms. The topological polar surface area (TPSA) is 104 Å². The van der Waals surface area contributed by atoms with Gasteiger partial charge in [0.15, 0.2) is 0 Å².